The molecule has 7 heteroatoms. The van der Waals surface area contributed by atoms with Gasteiger partial charge in [0.05, 0.1) is 24.8 Å². The molecule has 1 atom stereocenters. The summed E-state index contributed by atoms with van der Waals surface area (Å²) in [6, 6.07) is 6.32. The van der Waals surface area contributed by atoms with Crippen LogP contribution < -0.4 is 15.4 Å². The average Bonchev–Trinajstić information content (AvgIpc) is 2.59. The fourth-order valence-electron chi connectivity index (χ4n) is 2.55. The summed E-state index contributed by atoms with van der Waals surface area (Å²) < 4.78 is 15.9. The standard InChI is InChI=1S/C18H24N2O5/c1-4-23-10-11-25-17(21)15-12(3)19-18(22)20-16(15)13-6-8-14(9-7-13)24-5-2/h6-9,16H,4-5,10-11H2,1-3H3,(H2,19,20,22)/t16-/m1/s1. The number of amides is 2. The zero-order chi connectivity index (χ0) is 18.2. The summed E-state index contributed by atoms with van der Waals surface area (Å²) in [4.78, 5) is 24.3. The highest BCUT2D eigenvalue weighted by molar-refractivity contribution is 5.95. The van der Waals surface area contributed by atoms with Crippen LogP contribution in [0.15, 0.2) is 35.5 Å². The van der Waals surface area contributed by atoms with E-state index >= 15 is 0 Å². The first-order valence-corrected chi connectivity index (χ1v) is 8.32. The van der Waals surface area contributed by atoms with E-state index in [1.54, 1.807) is 19.1 Å². The number of rotatable bonds is 8. The number of hydrogen-bond donors (Lipinski definition) is 2. The van der Waals surface area contributed by atoms with Crippen molar-refractivity contribution in [3.05, 3.63) is 41.1 Å². The van der Waals surface area contributed by atoms with Crippen molar-refractivity contribution >= 4 is 12.0 Å². The predicted molar refractivity (Wildman–Crippen MR) is 92.2 cm³/mol. The molecule has 0 aliphatic carbocycles. The Bertz CT molecular complexity index is 639. The van der Waals surface area contributed by atoms with E-state index in [9.17, 15) is 9.59 Å². The summed E-state index contributed by atoms with van der Waals surface area (Å²) >= 11 is 0. The third-order valence-corrected chi connectivity index (χ3v) is 3.68. The van der Waals surface area contributed by atoms with Crippen LogP contribution >= 0.6 is 0 Å². The Labute approximate surface area is 147 Å². The highest BCUT2D eigenvalue weighted by atomic mass is 16.6. The van der Waals surface area contributed by atoms with Crippen molar-refractivity contribution in [3.8, 4) is 5.75 Å². The normalized spacial score (nSPS) is 16.9. The van der Waals surface area contributed by atoms with Crippen LogP contribution in [0, 0.1) is 0 Å². The highest BCUT2D eigenvalue weighted by Gasteiger charge is 2.32. The van der Waals surface area contributed by atoms with E-state index in [4.69, 9.17) is 14.2 Å². The highest BCUT2D eigenvalue weighted by Crippen LogP contribution is 2.28. The first-order chi connectivity index (χ1) is 12.1. The van der Waals surface area contributed by atoms with Gasteiger partial charge in [0.1, 0.15) is 12.4 Å². The van der Waals surface area contributed by atoms with Gasteiger partial charge in [-0.3, -0.25) is 0 Å². The fourth-order valence-corrected chi connectivity index (χ4v) is 2.55. The summed E-state index contributed by atoms with van der Waals surface area (Å²) in [6.45, 7) is 7.08. The molecule has 25 heavy (non-hydrogen) atoms. The summed E-state index contributed by atoms with van der Waals surface area (Å²) in [5.41, 5.74) is 1.62. The van der Waals surface area contributed by atoms with Crippen LogP contribution in [0.25, 0.3) is 0 Å². The Balaban J connectivity index is 2.19. The van der Waals surface area contributed by atoms with Gasteiger partial charge < -0.3 is 24.8 Å². The zero-order valence-corrected chi connectivity index (χ0v) is 14.8. The number of carbonyl (C=O) groups is 2. The topological polar surface area (TPSA) is 85.9 Å². The van der Waals surface area contributed by atoms with Crippen molar-refractivity contribution in [2.75, 3.05) is 26.4 Å². The van der Waals surface area contributed by atoms with Crippen molar-refractivity contribution < 1.29 is 23.8 Å². The number of allylic oxidation sites excluding steroid dienone is 1. The average molecular weight is 348 g/mol. The molecule has 0 aromatic heterocycles. The summed E-state index contributed by atoms with van der Waals surface area (Å²) in [7, 11) is 0. The Morgan fingerprint density at radius 1 is 1.12 bits per heavy atom. The van der Waals surface area contributed by atoms with E-state index in [2.05, 4.69) is 10.6 Å². The molecule has 1 aliphatic rings. The molecule has 0 fully saturated rings. The number of ether oxygens (including phenoxy) is 3. The summed E-state index contributed by atoms with van der Waals surface area (Å²) in [5, 5.41) is 5.38. The number of carbonyl (C=O) groups excluding carboxylic acids is 2. The number of esters is 1. The van der Waals surface area contributed by atoms with E-state index in [1.165, 1.54) is 0 Å². The van der Waals surface area contributed by atoms with Gasteiger partial charge in [-0.25, -0.2) is 9.59 Å². The van der Waals surface area contributed by atoms with Crippen LogP contribution in [0.5, 0.6) is 5.75 Å². The van der Waals surface area contributed by atoms with Gasteiger partial charge in [-0.1, -0.05) is 12.1 Å². The maximum absolute atomic E-state index is 12.5. The number of nitrogens with one attached hydrogen (secondary N) is 2. The molecule has 0 radical (unpaired) electrons. The monoisotopic (exact) mass is 348 g/mol. The molecule has 2 amide bonds. The molecular formula is C18H24N2O5. The molecule has 136 valence electrons. The minimum atomic E-state index is -0.580. The lowest BCUT2D eigenvalue weighted by atomic mass is 9.95. The van der Waals surface area contributed by atoms with E-state index in [0.717, 1.165) is 11.3 Å². The second-order valence-electron chi connectivity index (χ2n) is 5.41. The van der Waals surface area contributed by atoms with Gasteiger partial charge >= 0.3 is 12.0 Å². The Hall–Kier alpha value is -2.54. The first-order valence-electron chi connectivity index (χ1n) is 8.32. The minimum absolute atomic E-state index is 0.160. The molecule has 1 aliphatic heterocycles. The van der Waals surface area contributed by atoms with Crippen molar-refractivity contribution in [2.45, 2.75) is 26.8 Å². The molecule has 0 unspecified atom stereocenters. The molecule has 0 spiro atoms. The number of urea groups is 1. The minimum Gasteiger partial charge on any atom is -0.494 e. The maximum Gasteiger partial charge on any atom is 0.338 e. The lowest BCUT2D eigenvalue weighted by Gasteiger charge is -2.28. The summed E-state index contributed by atoms with van der Waals surface area (Å²) in [5.74, 6) is 0.247. The fraction of sp³-hybridized carbons (Fsp3) is 0.444. The van der Waals surface area contributed by atoms with Crippen LogP contribution in [-0.2, 0) is 14.3 Å². The molecule has 2 N–H and O–H groups in total. The van der Waals surface area contributed by atoms with Crippen LogP contribution in [0.1, 0.15) is 32.4 Å². The SMILES string of the molecule is CCOCCOC(=O)C1=C(C)NC(=O)N[C@@H]1c1ccc(OCC)cc1. The molecule has 0 saturated carbocycles. The van der Waals surface area contributed by atoms with Gasteiger partial charge in [0.2, 0.25) is 0 Å². The number of hydrogen-bond acceptors (Lipinski definition) is 5. The van der Waals surface area contributed by atoms with Crippen LogP contribution in [0.2, 0.25) is 0 Å². The smallest absolute Gasteiger partial charge is 0.338 e. The van der Waals surface area contributed by atoms with Crippen molar-refractivity contribution in [2.24, 2.45) is 0 Å². The second-order valence-corrected chi connectivity index (χ2v) is 5.41. The molecule has 1 aromatic rings. The van der Waals surface area contributed by atoms with Gasteiger partial charge in [-0.15, -0.1) is 0 Å². The lowest BCUT2D eigenvalue weighted by Crippen LogP contribution is -2.45. The quantitative estimate of drug-likeness (QED) is 0.556. The Kier molecular flexibility index (Phi) is 6.82. The molecular weight excluding hydrogens is 324 g/mol. The first kappa shape index (κ1) is 18.8. The van der Waals surface area contributed by atoms with Crippen molar-refractivity contribution in [1.29, 1.82) is 0 Å². The molecule has 7 nitrogen and oxygen atoms in total. The molecule has 1 aromatic carbocycles. The van der Waals surface area contributed by atoms with Gasteiger partial charge in [-0.2, -0.15) is 0 Å². The van der Waals surface area contributed by atoms with Gasteiger partial charge in [-0.05, 0) is 38.5 Å². The molecule has 2 rings (SSSR count). The maximum atomic E-state index is 12.5. The molecule has 1 heterocycles. The largest absolute Gasteiger partial charge is 0.494 e. The third kappa shape index (κ3) is 4.96. The van der Waals surface area contributed by atoms with Crippen molar-refractivity contribution in [3.63, 3.8) is 0 Å². The Morgan fingerprint density at radius 2 is 1.84 bits per heavy atom. The predicted octanol–water partition coefficient (Wildman–Crippen LogP) is 2.29. The van der Waals surface area contributed by atoms with E-state index in [0.29, 0.717) is 31.1 Å². The zero-order valence-electron chi connectivity index (χ0n) is 14.8. The van der Waals surface area contributed by atoms with Gasteiger partial charge in [0.25, 0.3) is 0 Å². The van der Waals surface area contributed by atoms with E-state index < -0.39 is 12.0 Å². The number of benzene rings is 1. The van der Waals surface area contributed by atoms with Crippen LogP contribution in [0.4, 0.5) is 4.79 Å². The van der Waals surface area contributed by atoms with Gasteiger partial charge in [0, 0.05) is 12.3 Å². The van der Waals surface area contributed by atoms with E-state index in [-0.39, 0.29) is 12.6 Å². The van der Waals surface area contributed by atoms with Crippen LogP contribution in [-0.4, -0.2) is 38.4 Å². The summed E-state index contributed by atoms with van der Waals surface area (Å²) in [6.07, 6.45) is 0. The second kappa shape index (κ2) is 9.08. The lowest BCUT2D eigenvalue weighted by molar-refractivity contribution is -0.141. The Morgan fingerprint density at radius 3 is 2.48 bits per heavy atom. The van der Waals surface area contributed by atoms with Crippen molar-refractivity contribution in [1.82, 2.24) is 10.6 Å². The molecule has 0 saturated heterocycles. The van der Waals surface area contributed by atoms with Gasteiger partial charge in [0.15, 0.2) is 0 Å². The molecule has 0 bridgehead atoms. The third-order valence-electron chi connectivity index (χ3n) is 3.68. The van der Waals surface area contributed by atoms with Crippen LogP contribution in [0.3, 0.4) is 0 Å². The van der Waals surface area contributed by atoms with E-state index in [1.807, 2.05) is 26.0 Å².